The van der Waals surface area contributed by atoms with Gasteiger partial charge in [0.25, 0.3) is 0 Å². The van der Waals surface area contributed by atoms with Crippen LogP contribution in [0.25, 0.3) is 0 Å². The lowest BCUT2D eigenvalue weighted by Crippen LogP contribution is -2.46. The minimum atomic E-state index is -0.757. The minimum absolute atomic E-state index is 0.489. The van der Waals surface area contributed by atoms with E-state index in [0.29, 0.717) is 11.3 Å². The van der Waals surface area contributed by atoms with Gasteiger partial charge in [-0.3, -0.25) is 0 Å². The Morgan fingerprint density at radius 3 is 2.25 bits per heavy atom. The van der Waals surface area contributed by atoms with Gasteiger partial charge in [-0.1, -0.05) is 0 Å². The second kappa shape index (κ2) is 6.43. The van der Waals surface area contributed by atoms with Crippen LogP contribution < -0.4 is 16.2 Å². The molecule has 0 bridgehead atoms. The van der Waals surface area contributed by atoms with Gasteiger partial charge >= 0.3 is 12.1 Å². The summed E-state index contributed by atoms with van der Waals surface area (Å²) in [4.78, 5) is 22.8. The molecule has 0 aliphatic heterocycles. The van der Waals surface area contributed by atoms with Gasteiger partial charge in [-0.25, -0.2) is 20.4 Å². The first-order chi connectivity index (χ1) is 9.30. The van der Waals surface area contributed by atoms with Gasteiger partial charge in [0, 0.05) is 5.69 Å². The number of carbonyl (C=O) groups excluding carboxylic acids is 2. The molecule has 1 rings (SSSR count). The molecular formula is C13H16N4O3. The molecule has 0 unspecified atom stereocenters. The first kappa shape index (κ1) is 15.3. The van der Waals surface area contributed by atoms with Crippen LogP contribution in [0.1, 0.15) is 26.3 Å². The number of carbonyl (C=O) groups is 2. The number of hydrogen-bond donors (Lipinski definition) is 3. The molecule has 0 fully saturated rings. The van der Waals surface area contributed by atoms with E-state index < -0.39 is 17.7 Å². The first-order valence-corrected chi connectivity index (χ1v) is 5.86. The normalized spacial score (nSPS) is 10.1. The number of ether oxygens (including phenoxy) is 1. The van der Waals surface area contributed by atoms with Crippen molar-refractivity contribution in [1.82, 2.24) is 10.9 Å². The summed E-state index contributed by atoms with van der Waals surface area (Å²) >= 11 is 0. The third kappa shape index (κ3) is 5.73. The Bertz CT molecular complexity index is 526. The third-order valence-corrected chi connectivity index (χ3v) is 1.95. The largest absolute Gasteiger partial charge is 0.443 e. The highest BCUT2D eigenvalue weighted by Crippen LogP contribution is 2.08. The fraction of sp³-hybridized carbons (Fsp3) is 0.308. The number of hydrazine groups is 1. The van der Waals surface area contributed by atoms with Crippen LogP contribution in [-0.4, -0.2) is 17.7 Å². The van der Waals surface area contributed by atoms with Gasteiger partial charge in [0.1, 0.15) is 5.60 Å². The van der Waals surface area contributed by atoms with Gasteiger partial charge in [0.05, 0.1) is 11.6 Å². The number of anilines is 1. The number of benzene rings is 1. The number of rotatable bonds is 1. The Kier molecular flexibility index (Phi) is 4.92. The monoisotopic (exact) mass is 276 g/mol. The number of urea groups is 1. The Morgan fingerprint density at radius 1 is 1.15 bits per heavy atom. The quantitative estimate of drug-likeness (QED) is 0.683. The van der Waals surface area contributed by atoms with Crippen LogP contribution in [0.15, 0.2) is 24.3 Å². The predicted octanol–water partition coefficient (Wildman–Crippen LogP) is 2.12. The second-order valence-electron chi connectivity index (χ2n) is 4.90. The number of nitrogens with zero attached hydrogens (tertiary/aromatic N) is 1. The summed E-state index contributed by atoms with van der Waals surface area (Å²) in [6.45, 7) is 5.14. The first-order valence-electron chi connectivity index (χ1n) is 5.86. The molecule has 1 aromatic rings. The van der Waals surface area contributed by atoms with Gasteiger partial charge in [0.15, 0.2) is 0 Å². The number of amides is 3. The molecule has 7 nitrogen and oxygen atoms in total. The zero-order chi connectivity index (χ0) is 15.2. The number of hydrogen-bond acceptors (Lipinski definition) is 4. The van der Waals surface area contributed by atoms with Crippen LogP contribution in [0.5, 0.6) is 0 Å². The van der Waals surface area contributed by atoms with E-state index in [1.807, 2.05) is 6.07 Å². The molecule has 0 aliphatic rings. The average Bonchev–Trinajstić information content (AvgIpc) is 2.35. The molecule has 0 aromatic heterocycles. The van der Waals surface area contributed by atoms with Crippen LogP contribution in [0, 0.1) is 11.3 Å². The Labute approximate surface area is 116 Å². The number of nitrogens with one attached hydrogen (secondary N) is 3. The summed E-state index contributed by atoms with van der Waals surface area (Å²) in [5, 5.41) is 11.1. The van der Waals surface area contributed by atoms with Crippen molar-refractivity contribution in [1.29, 1.82) is 5.26 Å². The van der Waals surface area contributed by atoms with Gasteiger partial charge in [-0.15, -0.1) is 0 Å². The molecular weight excluding hydrogens is 260 g/mol. The maximum Gasteiger partial charge on any atom is 0.426 e. The molecule has 0 atom stereocenters. The Balaban J connectivity index is 2.40. The van der Waals surface area contributed by atoms with Crippen molar-refractivity contribution in [2.24, 2.45) is 0 Å². The van der Waals surface area contributed by atoms with Crippen molar-refractivity contribution >= 4 is 17.8 Å². The van der Waals surface area contributed by atoms with E-state index in [4.69, 9.17) is 10.00 Å². The molecule has 0 aliphatic carbocycles. The van der Waals surface area contributed by atoms with E-state index in [0.717, 1.165) is 0 Å². The second-order valence-corrected chi connectivity index (χ2v) is 4.90. The molecule has 0 radical (unpaired) electrons. The highest BCUT2D eigenvalue weighted by molar-refractivity contribution is 5.90. The van der Waals surface area contributed by atoms with Crippen LogP contribution >= 0.6 is 0 Å². The topological polar surface area (TPSA) is 103 Å². The zero-order valence-electron chi connectivity index (χ0n) is 11.5. The highest BCUT2D eigenvalue weighted by atomic mass is 16.6. The van der Waals surface area contributed by atoms with Crippen molar-refractivity contribution in [3.8, 4) is 6.07 Å². The lowest BCUT2D eigenvalue weighted by Gasteiger charge is -2.19. The third-order valence-electron chi connectivity index (χ3n) is 1.95. The van der Waals surface area contributed by atoms with E-state index in [9.17, 15) is 9.59 Å². The smallest absolute Gasteiger partial charge is 0.426 e. The van der Waals surface area contributed by atoms with Crippen LogP contribution in [0.2, 0.25) is 0 Å². The van der Waals surface area contributed by atoms with Crippen LogP contribution in [-0.2, 0) is 4.74 Å². The SMILES string of the molecule is CC(C)(C)OC(=O)NNC(=O)Nc1ccc(C#N)cc1. The molecule has 1 aromatic carbocycles. The molecule has 3 amide bonds. The summed E-state index contributed by atoms with van der Waals surface area (Å²) in [7, 11) is 0. The zero-order valence-corrected chi connectivity index (χ0v) is 11.5. The van der Waals surface area contributed by atoms with E-state index >= 15 is 0 Å². The van der Waals surface area contributed by atoms with E-state index in [-0.39, 0.29) is 0 Å². The Morgan fingerprint density at radius 2 is 1.75 bits per heavy atom. The van der Waals surface area contributed by atoms with Crippen molar-refractivity contribution < 1.29 is 14.3 Å². The van der Waals surface area contributed by atoms with Gasteiger partial charge in [-0.05, 0) is 45.0 Å². The van der Waals surface area contributed by atoms with Gasteiger partial charge in [0.2, 0.25) is 0 Å². The molecule has 0 spiro atoms. The molecule has 3 N–H and O–H groups in total. The number of nitriles is 1. The summed E-state index contributed by atoms with van der Waals surface area (Å²) < 4.78 is 4.94. The molecule has 106 valence electrons. The average molecular weight is 276 g/mol. The highest BCUT2D eigenvalue weighted by Gasteiger charge is 2.16. The maximum absolute atomic E-state index is 11.5. The summed E-state index contributed by atoms with van der Waals surface area (Å²) in [6.07, 6.45) is -0.757. The van der Waals surface area contributed by atoms with E-state index in [1.165, 1.54) is 0 Å². The van der Waals surface area contributed by atoms with E-state index in [1.54, 1.807) is 45.0 Å². The van der Waals surface area contributed by atoms with Gasteiger partial charge in [-0.2, -0.15) is 5.26 Å². The van der Waals surface area contributed by atoms with Crippen LogP contribution in [0.4, 0.5) is 15.3 Å². The summed E-state index contributed by atoms with van der Waals surface area (Å²) in [5.41, 5.74) is 4.59. The molecule has 20 heavy (non-hydrogen) atoms. The van der Waals surface area contributed by atoms with Crippen molar-refractivity contribution in [2.45, 2.75) is 26.4 Å². The van der Waals surface area contributed by atoms with E-state index in [2.05, 4.69) is 16.2 Å². The van der Waals surface area contributed by atoms with Crippen molar-refractivity contribution in [3.05, 3.63) is 29.8 Å². The summed E-state index contributed by atoms with van der Waals surface area (Å²) in [5.74, 6) is 0. The standard InChI is InChI=1S/C13H16N4O3/c1-13(2,3)20-12(19)17-16-11(18)15-10-6-4-9(8-14)5-7-10/h4-7H,1-3H3,(H,17,19)(H2,15,16,18). The molecule has 7 heteroatoms. The Hall–Kier alpha value is -2.75. The lowest BCUT2D eigenvalue weighted by atomic mass is 10.2. The fourth-order valence-electron chi connectivity index (χ4n) is 1.20. The maximum atomic E-state index is 11.5. The van der Waals surface area contributed by atoms with Crippen molar-refractivity contribution in [3.63, 3.8) is 0 Å². The molecule has 0 saturated carbocycles. The van der Waals surface area contributed by atoms with Crippen molar-refractivity contribution in [2.75, 3.05) is 5.32 Å². The predicted molar refractivity (Wildman–Crippen MR) is 72.7 cm³/mol. The van der Waals surface area contributed by atoms with Gasteiger partial charge < -0.3 is 10.1 Å². The van der Waals surface area contributed by atoms with Crippen LogP contribution in [0.3, 0.4) is 0 Å². The summed E-state index contributed by atoms with van der Waals surface area (Å²) in [6, 6.07) is 7.63. The molecule has 0 heterocycles. The molecule has 0 saturated heterocycles. The fourth-order valence-corrected chi connectivity index (χ4v) is 1.20. The minimum Gasteiger partial charge on any atom is -0.443 e. The lowest BCUT2D eigenvalue weighted by molar-refractivity contribution is 0.0506.